The number of carbonyl (C=O) groups excluding carboxylic acids is 1. The van der Waals surface area contributed by atoms with E-state index in [0.29, 0.717) is 5.57 Å². The molecular weight excluding hydrogens is 242 g/mol. The first-order chi connectivity index (χ1) is 8.81. The maximum Gasteiger partial charge on any atom is 0.336 e. The van der Waals surface area contributed by atoms with Crippen LogP contribution in [0.2, 0.25) is 0 Å². The van der Waals surface area contributed by atoms with Gasteiger partial charge in [-0.2, -0.15) is 0 Å². The third-order valence-corrected chi connectivity index (χ3v) is 2.20. The molecule has 0 fully saturated rings. The zero-order valence-electron chi connectivity index (χ0n) is 12.2. The van der Waals surface area contributed by atoms with E-state index >= 15 is 0 Å². The topological polar surface area (TPSA) is 48.4 Å². The average Bonchev–Trinajstić information content (AvgIpc) is 2.26. The molecule has 1 rings (SSSR count). The summed E-state index contributed by atoms with van der Waals surface area (Å²) in [6.07, 6.45) is 5.21. The van der Waals surface area contributed by atoms with Gasteiger partial charge >= 0.3 is 5.97 Å². The van der Waals surface area contributed by atoms with Crippen molar-refractivity contribution in [2.45, 2.75) is 33.3 Å². The second kappa shape index (κ2) is 6.48. The summed E-state index contributed by atoms with van der Waals surface area (Å²) in [6, 6.07) is 1.95. The Morgan fingerprint density at radius 2 is 2.05 bits per heavy atom. The Morgan fingerprint density at radius 3 is 2.58 bits per heavy atom. The number of aryl methyl sites for hydroxylation is 1. The maximum absolute atomic E-state index is 12.0. The number of hydrogen-bond acceptors (Lipinski definition) is 4. The van der Waals surface area contributed by atoms with Gasteiger partial charge in [-0.25, -0.2) is 4.79 Å². The number of carbonyl (C=O) groups is 1. The summed E-state index contributed by atoms with van der Waals surface area (Å²) in [5.41, 5.74) is 1.85. The number of nitrogens with zero attached hydrogens (tertiary/aromatic N) is 1. The van der Waals surface area contributed by atoms with Crippen LogP contribution in [0.25, 0.3) is 6.08 Å². The Hall–Kier alpha value is -1.68. The smallest absolute Gasteiger partial charge is 0.336 e. The van der Waals surface area contributed by atoms with Crippen molar-refractivity contribution in [3.63, 3.8) is 0 Å². The quantitative estimate of drug-likeness (QED) is 0.619. The van der Waals surface area contributed by atoms with Crippen LogP contribution in [-0.4, -0.2) is 30.3 Å². The Balaban J connectivity index is 2.96. The predicted octanol–water partition coefficient (Wildman–Crippen LogP) is 2.76. The van der Waals surface area contributed by atoms with Gasteiger partial charge in [-0.05, 0) is 51.0 Å². The molecule has 0 unspecified atom stereocenters. The molecule has 0 aliphatic rings. The summed E-state index contributed by atoms with van der Waals surface area (Å²) in [6.45, 7) is 7.67. The zero-order chi connectivity index (χ0) is 14.5. The van der Waals surface area contributed by atoms with E-state index in [0.717, 1.165) is 11.1 Å². The molecule has 1 aromatic rings. The molecule has 1 heterocycles. The van der Waals surface area contributed by atoms with Gasteiger partial charge in [-0.15, -0.1) is 0 Å². The fourth-order valence-corrected chi connectivity index (χ4v) is 1.52. The van der Waals surface area contributed by atoms with E-state index in [2.05, 4.69) is 4.98 Å². The lowest BCUT2D eigenvalue weighted by molar-refractivity contribution is -0.150. The SMILES string of the molecule is COCC(=Cc1cncc(C)c1)C(=O)OC(C)(C)C. The lowest BCUT2D eigenvalue weighted by Crippen LogP contribution is -2.26. The molecule has 0 bridgehead atoms. The molecule has 0 aliphatic heterocycles. The zero-order valence-corrected chi connectivity index (χ0v) is 12.2. The van der Waals surface area contributed by atoms with Crippen LogP contribution in [0.1, 0.15) is 31.9 Å². The fraction of sp³-hybridized carbons (Fsp3) is 0.467. The number of esters is 1. The van der Waals surface area contributed by atoms with Crippen molar-refractivity contribution < 1.29 is 14.3 Å². The Labute approximate surface area is 114 Å². The van der Waals surface area contributed by atoms with Crippen LogP contribution in [0.5, 0.6) is 0 Å². The first-order valence-electron chi connectivity index (χ1n) is 6.16. The fourth-order valence-electron chi connectivity index (χ4n) is 1.52. The standard InChI is InChI=1S/C15H21NO3/c1-11-6-12(9-16-8-11)7-13(10-18-5)14(17)19-15(2,3)4/h6-9H,10H2,1-5H3. The summed E-state index contributed by atoms with van der Waals surface area (Å²) >= 11 is 0. The first kappa shape index (κ1) is 15.4. The molecule has 0 aliphatic carbocycles. The molecule has 104 valence electrons. The molecule has 0 radical (unpaired) electrons. The number of pyridine rings is 1. The summed E-state index contributed by atoms with van der Waals surface area (Å²) in [5, 5.41) is 0. The van der Waals surface area contributed by atoms with Crippen molar-refractivity contribution in [2.75, 3.05) is 13.7 Å². The van der Waals surface area contributed by atoms with E-state index in [1.165, 1.54) is 0 Å². The van der Waals surface area contributed by atoms with Gasteiger partial charge < -0.3 is 9.47 Å². The van der Waals surface area contributed by atoms with Gasteiger partial charge in [0.25, 0.3) is 0 Å². The number of ether oxygens (including phenoxy) is 2. The first-order valence-corrected chi connectivity index (χ1v) is 6.16. The number of hydrogen-bond donors (Lipinski definition) is 0. The molecule has 19 heavy (non-hydrogen) atoms. The minimum Gasteiger partial charge on any atom is -0.457 e. The van der Waals surface area contributed by atoms with Gasteiger partial charge in [0.1, 0.15) is 5.60 Å². The van der Waals surface area contributed by atoms with Crippen molar-refractivity contribution in [2.24, 2.45) is 0 Å². The van der Waals surface area contributed by atoms with Crippen LogP contribution in [0.15, 0.2) is 24.0 Å². The van der Waals surface area contributed by atoms with Crippen molar-refractivity contribution in [3.8, 4) is 0 Å². The third kappa shape index (κ3) is 5.66. The van der Waals surface area contributed by atoms with E-state index in [1.54, 1.807) is 25.6 Å². The van der Waals surface area contributed by atoms with Crippen LogP contribution >= 0.6 is 0 Å². The van der Waals surface area contributed by atoms with E-state index in [9.17, 15) is 4.79 Å². The van der Waals surface area contributed by atoms with Crippen LogP contribution in [-0.2, 0) is 14.3 Å². The molecule has 0 amide bonds. The lowest BCUT2D eigenvalue weighted by Gasteiger charge is -2.20. The van der Waals surface area contributed by atoms with Crippen molar-refractivity contribution in [1.29, 1.82) is 0 Å². The van der Waals surface area contributed by atoms with Gasteiger partial charge in [0.05, 0.1) is 12.2 Å². The van der Waals surface area contributed by atoms with Gasteiger partial charge in [0, 0.05) is 19.5 Å². The highest BCUT2D eigenvalue weighted by atomic mass is 16.6. The second-order valence-corrected chi connectivity index (χ2v) is 5.40. The van der Waals surface area contributed by atoms with Crippen molar-refractivity contribution >= 4 is 12.0 Å². The van der Waals surface area contributed by atoms with Crippen molar-refractivity contribution in [3.05, 3.63) is 35.2 Å². The highest BCUT2D eigenvalue weighted by Gasteiger charge is 2.19. The van der Waals surface area contributed by atoms with Crippen LogP contribution < -0.4 is 0 Å². The predicted molar refractivity (Wildman–Crippen MR) is 74.7 cm³/mol. The summed E-state index contributed by atoms with van der Waals surface area (Å²) in [7, 11) is 1.55. The van der Waals surface area contributed by atoms with E-state index in [1.807, 2.05) is 33.8 Å². The van der Waals surface area contributed by atoms with E-state index in [-0.39, 0.29) is 12.6 Å². The number of methoxy groups -OCH3 is 1. The monoisotopic (exact) mass is 263 g/mol. The van der Waals surface area contributed by atoms with Crippen molar-refractivity contribution in [1.82, 2.24) is 4.98 Å². The summed E-state index contributed by atoms with van der Waals surface area (Å²) < 4.78 is 10.4. The Morgan fingerprint density at radius 1 is 1.37 bits per heavy atom. The molecule has 0 saturated carbocycles. The van der Waals surface area contributed by atoms with Crippen LogP contribution in [0, 0.1) is 6.92 Å². The molecule has 0 N–H and O–H groups in total. The van der Waals surface area contributed by atoms with E-state index < -0.39 is 5.60 Å². The Kier molecular flexibility index (Phi) is 5.24. The number of rotatable bonds is 4. The molecule has 4 nitrogen and oxygen atoms in total. The lowest BCUT2D eigenvalue weighted by atomic mass is 10.1. The van der Waals surface area contributed by atoms with E-state index in [4.69, 9.17) is 9.47 Å². The molecule has 0 saturated heterocycles. The average molecular weight is 263 g/mol. The third-order valence-electron chi connectivity index (χ3n) is 2.20. The summed E-state index contributed by atoms with van der Waals surface area (Å²) in [4.78, 5) is 16.1. The van der Waals surface area contributed by atoms with Gasteiger partial charge in [-0.3, -0.25) is 4.98 Å². The molecular formula is C15H21NO3. The molecule has 0 spiro atoms. The highest BCUT2D eigenvalue weighted by Crippen LogP contribution is 2.14. The minimum absolute atomic E-state index is 0.211. The van der Waals surface area contributed by atoms with Gasteiger partial charge in [-0.1, -0.05) is 0 Å². The molecule has 4 heteroatoms. The number of aromatic nitrogens is 1. The second-order valence-electron chi connectivity index (χ2n) is 5.40. The molecule has 0 atom stereocenters. The largest absolute Gasteiger partial charge is 0.457 e. The normalized spacial score (nSPS) is 12.4. The Bertz CT molecular complexity index is 473. The van der Waals surface area contributed by atoms with Crippen LogP contribution in [0.3, 0.4) is 0 Å². The van der Waals surface area contributed by atoms with Crippen LogP contribution in [0.4, 0.5) is 0 Å². The maximum atomic E-state index is 12.0. The van der Waals surface area contributed by atoms with Gasteiger partial charge in [0.15, 0.2) is 0 Å². The minimum atomic E-state index is -0.519. The molecule has 1 aromatic heterocycles. The summed E-state index contributed by atoms with van der Waals surface area (Å²) in [5.74, 6) is -0.365. The van der Waals surface area contributed by atoms with Gasteiger partial charge in [0.2, 0.25) is 0 Å². The molecule has 0 aromatic carbocycles. The highest BCUT2D eigenvalue weighted by molar-refractivity contribution is 5.94.